The smallest absolute Gasteiger partial charge is 0.0671 e. The van der Waals surface area contributed by atoms with E-state index in [1.807, 2.05) is 11.7 Å². The van der Waals surface area contributed by atoms with Crippen molar-refractivity contribution in [1.29, 1.82) is 0 Å². The van der Waals surface area contributed by atoms with Crippen LogP contribution in [0.4, 0.5) is 0 Å². The largest absolute Gasteiger partial charge is 0.330 e. The van der Waals surface area contributed by atoms with Crippen molar-refractivity contribution in [1.82, 2.24) is 9.78 Å². The molecule has 0 bridgehead atoms. The van der Waals surface area contributed by atoms with Crippen molar-refractivity contribution in [3.05, 3.63) is 17.0 Å². The molecule has 1 aliphatic carbocycles. The van der Waals surface area contributed by atoms with Gasteiger partial charge in [-0.2, -0.15) is 5.10 Å². The lowest BCUT2D eigenvalue weighted by Gasteiger charge is -2.12. The predicted molar refractivity (Wildman–Crippen MR) is 52.6 cm³/mol. The maximum Gasteiger partial charge on any atom is 0.0671 e. The Morgan fingerprint density at radius 2 is 2.15 bits per heavy atom. The average Bonchev–Trinajstić information content (AvgIpc) is 2.46. The zero-order chi connectivity index (χ0) is 9.26. The van der Waals surface area contributed by atoms with Gasteiger partial charge in [0.2, 0.25) is 0 Å². The summed E-state index contributed by atoms with van der Waals surface area (Å²) in [6, 6.07) is 0. The van der Waals surface area contributed by atoms with Gasteiger partial charge in [0.05, 0.1) is 5.69 Å². The van der Waals surface area contributed by atoms with E-state index in [9.17, 15) is 0 Å². The van der Waals surface area contributed by atoms with Gasteiger partial charge < -0.3 is 5.73 Å². The maximum atomic E-state index is 5.55. The van der Waals surface area contributed by atoms with Crippen LogP contribution in [0.2, 0.25) is 0 Å². The Bertz CT molecular complexity index is 301. The SMILES string of the molecule is Cn1nc(CCN)c2c1CCCC2. The molecule has 1 aliphatic rings. The van der Waals surface area contributed by atoms with Crippen LogP contribution >= 0.6 is 0 Å². The minimum absolute atomic E-state index is 0.712. The monoisotopic (exact) mass is 179 g/mol. The summed E-state index contributed by atoms with van der Waals surface area (Å²) in [6.45, 7) is 0.712. The van der Waals surface area contributed by atoms with E-state index in [-0.39, 0.29) is 0 Å². The Morgan fingerprint density at radius 3 is 2.92 bits per heavy atom. The molecule has 0 aromatic carbocycles. The fourth-order valence-electron chi connectivity index (χ4n) is 2.20. The Balaban J connectivity index is 2.36. The zero-order valence-corrected chi connectivity index (χ0v) is 8.21. The Labute approximate surface area is 78.9 Å². The van der Waals surface area contributed by atoms with Gasteiger partial charge in [0.25, 0.3) is 0 Å². The van der Waals surface area contributed by atoms with Crippen LogP contribution in [0.1, 0.15) is 29.8 Å². The van der Waals surface area contributed by atoms with E-state index >= 15 is 0 Å². The minimum atomic E-state index is 0.712. The molecule has 0 spiro atoms. The van der Waals surface area contributed by atoms with E-state index in [0.29, 0.717) is 6.54 Å². The van der Waals surface area contributed by atoms with Gasteiger partial charge in [-0.1, -0.05) is 0 Å². The van der Waals surface area contributed by atoms with Crippen LogP contribution in [0, 0.1) is 0 Å². The second kappa shape index (κ2) is 3.50. The topological polar surface area (TPSA) is 43.8 Å². The number of aryl methyl sites for hydroxylation is 1. The molecule has 3 heteroatoms. The minimum Gasteiger partial charge on any atom is -0.330 e. The summed E-state index contributed by atoms with van der Waals surface area (Å²) >= 11 is 0. The van der Waals surface area contributed by atoms with Gasteiger partial charge in [0.1, 0.15) is 0 Å². The molecular weight excluding hydrogens is 162 g/mol. The molecule has 0 radical (unpaired) electrons. The highest BCUT2D eigenvalue weighted by molar-refractivity contribution is 5.28. The first-order chi connectivity index (χ1) is 6.33. The number of fused-ring (bicyclic) bond motifs is 1. The number of nitrogens with zero attached hydrogens (tertiary/aromatic N) is 2. The molecule has 0 fully saturated rings. The third-order valence-electron chi connectivity index (χ3n) is 2.83. The van der Waals surface area contributed by atoms with Crippen molar-refractivity contribution < 1.29 is 0 Å². The number of nitrogens with two attached hydrogens (primary N) is 1. The molecule has 3 nitrogen and oxygen atoms in total. The van der Waals surface area contributed by atoms with Crippen molar-refractivity contribution in [3.63, 3.8) is 0 Å². The van der Waals surface area contributed by atoms with E-state index in [1.165, 1.54) is 42.6 Å². The van der Waals surface area contributed by atoms with Crippen LogP contribution in [0.5, 0.6) is 0 Å². The van der Waals surface area contributed by atoms with Crippen LogP contribution in [0.15, 0.2) is 0 Å². The molecule has 0 aliphatic heterocycles. The van der Waals surface area contributed by atoms with E-state index in [0.717, 1.165) is 6.42 Å². The first-order valence-electron chi connectivity index (χ1n) is 5.06. The molecule has 0 saturated heterocycles. The molecular formula is C10H17N3. The van der Waals surface area contributed by atoms with Crippen LogP contribution in [-0.4, -0.2) is 16.3 Å². The normalized spacial score (nSPS) is 15.8. The van der Waals surface area contributed by atoms with Gasteiger partial charge in [-0.3, -0.25) is 4.68 Å². The third-order valence-corrected chi connectivity index (χ3v) is 2.83. The summed E-state index contributed by atoms with van der Waals surface area (Å²) in [5.41, 5.74) is 9.71. The molecule has 1 heterocycles. The van der Waals surface area contributed by atoms with Crippen LogP contribution in [-0.2, 0) is 26.3 Å². The first kappa shape index (κ1) is 8.75. The van der Waals surface area contributed by atoms with Crippen LogP contribution in [0.3, 0.4) is 0 Å². The molecule has 0 atom stereocenters. The lowest BCUT2D eigenvalue weighted by Crippen LogP contribution is -2.07. The van der Waals surface area contributed by atoms with Gasteiger partial charge in [0.15, 0.2) is 0 Å². The van der Waals surface area contributed by atoms with Crippen molar-refractivity contribution in [2.45, 2.75) is 32.1 Å². The molecule has 2 N–H and O–H groups in total. The molecule has 1 aromatic heterocycles. The summed E-state index contributed by atoms with van der Waals surface area (Å²) < 4.78 is 2.04. The van der Waals surface area contributed by atoms with Gasteiger partial charge in [-0.25, -0.2) is 0 Å². The lowest BCUT2D eigenvalue weighted by molar-refractivity contribution is 0.626. The van der Waals surface area contributed by atoms with Crippen molar-refractivity contribution in [3.8, 4) is 0 Å². The summed E-state index contributed by atoms with van der Waals surface area (Å²) in [5, 5.41) is 4.52. The highest BCUT2D eigenvalue weighted by atomic mass is 15.3. The van der Waals surface area contributed by atoms with Gasteiger partial charge >= 0.3 is 0 Å². The van der Waals surface area contributed by atoms with Crippen molar-refractivity contribution >= 4 is 0 Å². The van der Waals surface area contributed by atoms with E-state index in [1.54, 1.807) is 0 Å². The summed E-state index contributed by atoms with van der Waals surface area (Å²) in [4.78, 5) is 0. The Hall–Kier alpha value is -0.830. The quantitative estimate of drug-likeness (QED) is 0.729. The molecule has 0 unspecified atom stereocenters. The summed E-state index contributed by atoms with van der Waals surface area (Å²) in [5.74, 6) is 0. The zero-order valence-electron chi connectivity index (χ0n) is 8.21. The van der Waals surface area contributed by atoms with E-state index in [2.05, 4.69) is 5.10 Å². The molecule has 1 aromatic rings. The first-order valence-corrected chi connectivity index (χ1v) is 5.06. The number of hydrogen-bond acceptors (Lipinski definition) is 2. The standard InChI is InChI=1S/C10H17N3/c1-13-10-5-3-2-4-8(10)9(12-13)6-7-11/h2-7,11H2,1H3. The predicted octanol–water partition coefficient (Wildman–Crippen LogP) is 0.800. The number of rotatable bonds is 2. The van der Waals surface area contributed by atoms with Gasteiger partial charge in [-0.15, -0.1) is 0 Å². The van der Waals surface area contributed by atoms with Crippen molar-refractivity contribution in [2.75, 3.05) is 6.54 Å². The van der Waals surface area contributed by atoms with Crippen LogP contribution < -0.4 is 5.73 Å². The fraction of sp³-hybridized carbons (Fsp3) is 0.700. The molecule has 0 amide bonds. The van der Waals surface area contributed by atoms with Gasteiger partial charge in [0, 0.05) is 19.2 Å². The summed E-state index contributed by atoms with van der Waals surface area (Å²) in [7, 11) is 2.05. The second-order valence-electron chi connectivity index (χ2n) is 3.74. The highest BCUT2D eigenvalue weighted by Gasteiger charge is 2.18. The van der Waals surface area contributed by atoms with E-state index < -0.39 is 0 Å². The molecule has 72 valence electrons. The Kier molecular flexibility index (Phi) is 2.36. The average molecular weight is 179 g/mol. The van der Waals surface area contributed by atoms with Crippen molar-refractivity contribution in [2.24, 2.45) is 12.8 Å². The van der Waals surface area contributed by atoms with E-state index in [4.69, 9.17) is 5.73 Å². The lowest BCUT2D eigenvalue weighted by atomic mass is 9.95. The van der Waals surface area contributed by atoms with Crippen LogP contribution in [0.25, 0.3) is 0 Å². The molecule has 0 saturated carbocycles. The second-order valence-corrected chi connectivity index (χ2v) is 3.74. The number of hydrogen-bond donors (Lipinski definition) is 1. The molecule has 2 rings (SSSR count). The third kappa shape index (κ3) is 1.48. The fourth-order valence-corrected chi connectivity index (χ4v) is 2.20. The summed E-state index contributed by atoms with van der Waals surface area (Å²) in [6.07, 6.45) is 5.97. The highest BCUT2D eigenvalue weighted by Crippen LogP contribution is 2.23. The molecule has 13 heavy (non-hydrogen) atoms. The number of aromatic nitrogens is 2. The van der Waals surface area contributed by atoms with Gasteiger partial charge in [-0.05, 0) is 37.8 Å². The Morgan fingerprint density at radius 1 is 1.38 bits per heavy atom. The maximum absolute atomic E-state index is 5.55.